The van der Waals surface area contributed by atoms with Crippen LogP contribution in [-0.4, -0.2) is 36.1 Å². The molecule has 0 saturated heterocycles. The summed E-state index contributed by atoms with van der Waals surface area (Å²) in [6.07, 6.45) is 0. The fourth-order valence-electron chi connectivity index (χ4n) is 2.85. The summed E-state index contributed by atoms with van der Waals surface area (Å²) in [6, 6.07) is 11.3. The number of carbonyl (C=O) groups excluding carboxylic acids is 2. The lowest BCUT2D eigenvalue weighted by atomic mass is 10.2. The van der Waals surface area contributed by atoms with Crippen LogP contribution in [0.5, 0.6) is 0 Å². The van der Waals surface area contributed by atoms with Crippen LogP contribution in [0.25, 0.3) is 30.9 Å². The largest absolute Gasteiger partial charge is 0.464 e. The zero-order valence-corrected chi connectivity index (χ0v) is 18.4. The van der Waals surface area contributed by atoms with Crippen molar-refractivity contribution in [2.45, 2.75) is 0 Å². The molecule has 6 nitrogen and oxygen atoms in total. The van der Waals surface area contributed by atoms with Crippen molar-refractivity contribution in [2.75, 3.05) is 14.2 Å². The van der Waals surface area contributed by atoms with Crippen LogP contribution >= 0.6 is 22.7 Å². The van der Waals surface area contributed by atoms with Crippen LogP contribution in [0, 0.1) is 11.6 Å². The summed E-state index contributed by atoms with van der Waals surface area (Å²) < 4.78 is 36.4. The van der Waals surface area contributed by atoms with Gasteiger partial charge in [0, 0.05) is 11.1 Å². The van der Waals surface area contributed by atoms with Crippen molar-refractivity contribution in [3.8, 4) is 30.9 Å². The molecule has 0 unspecified atom stereocenters. The highest BCUT2D eigenvalue weighted by Crippen LogP contribution is 2.43. The smallest absolute Gasteiger partial charge is 0.358 e. The Hall–Kier alpha value is -3.50. The van der Waals surface area contributed by atoms with Gasteiger partial charge >= 0.3 is 11.9 Å². The Bertz CT molecular complexity index is 1200. The highest BCUT2D eigenvalue weighted by atomic mass is 32.1. The molecule has 0 spiro atoms. The second-order valence-corrected chi connectivity index (χ2v) is 8.39. The number of halogens is 2. The predicted octanol–water partition coefficient (Wildman–Crippen LogP) is 5.45. The molecular weight excluding hydrogens is 458 g/mol. The molecule has 0 radical (unpaired) electrons. The van der Waals surface area contributed by atoms with Crippen LogP contribution in [0.15, 0.2) is 48.5 Å². The molecule has 2 heterocycles. The molecule has 0 N–H and O–H groups in total. The fourth-order valence-corrected chi connectivity index (χ4v) is 5.10. The highest BCUT2D eigenvalue weighted by Gasteiger charge is 2.28. The van der Waals surface area contributed by atoms with Gasteiger partial charge < -0.3 is 9.47 Å². The third kappa shape index (κ3) is 4.14. The van der Waals surface area contributed by atoms with E-state index in [1.54, 1.807) is 0 Å². The Labute approximate surface area is 189 Å². The van der Waals surface area contributed by atoms with Crippen LogP contribution in [0.3, 0.4) is 0 Å². The lowest BCUT2D eigenvalue weighted by Crippen LogP contribution is -2.06. The number of aromatic nitrogens is 2. The van der Waals surface area contributed by atoms with Crippen LogP contribution in [0.4, 0.5) is 8.78 Å². The molecule has 0 aliphatic rings. The first-order chi connectivity index (χ1) is 15.4. The van der Waals surface area contributed by atoms with E-state index in [0.29, 0.717) is 30.9 Å². The Morgan fingerprint density at radius 2 is 1.03 bits per heavy atom. The topological polar surface area (TPSA) is 78.4 Å². The fraction of sp³-hybridized carbons (Fsp3) is 0.0909. The normalized spacial score (nSPS) is 10.8. The Morgan fingerprint density at radius 1 is 0.688 bits per heavy atom. The predicted molar refractivity (Wildman–Crippen MR) is 117 cm³/mol. The minimum absolute atomic E-state index is 0.00344. The number of ether oxygens (including phenoxy) is 2. The van der Waals surface area contributed by atoms with Crippen molar-refractivity contribution in [1.82, 2.24) is 9.97 Å². The summed E-state index contributed by atoms with van der Waals surface area (Å²) in [7, 11) is 2.45. The van der Waals surface area contributed by atoms with Crippen LogP contribution in [-0.2, 0) is 9.47 Å². The van der Waals surface area contributed by atoms with Gasteiger partial charge in [-0.1, -0.05) is 0 Å². The lowest BCUT2D eigenvalue weighted by molar-refractivity contribution is 0.0584. The van der Waals surface area contributed by atoms with Gasteiger partial charge in [0.15, 0.2) is 11.4 Å². The van der Waals surface area contributed by atoms with Crippen molar-refractivity contribution >= 4 is 34.6 Å². The molecule has 4 rings (SSSR count). The van der Waals surface area contributed by atoms with E-state index in [1.165, 1.54) is 62.8 Å². The van der Waals surface area contributed by atoms with E-state index in [2.05, 4.69) is 9.97 Å². The number of esters is 2. The number of rotatable bonds is 5. The number of thiazole rings is 2. The first kappa shape index (κ1) is 21.7. The van der Waals surface area contributed by atoms with Crippen LogP contribution in [0.1, 0.15) is 21.0 Å². The number of carbonyl (C=O) groups is 2. The van der Waals surface area contributed by atoms with E-state index in [0.717, 1.165) is 22.7 Å². The average molecular weight is 472 g/mol. The highest BCUT2D eigenvalue weighted by molar-refractivity contribution is 7.25. The number of benzene rings is 2. The van der Waals surface area contributed by atoms with Crippen LogP contribution in [0.2, 0.25) is 0 Å². The first-order valence-corrected chi connectivity index (χ1v) is 10.7. The second kappa shape index (κ2) is 8.93. The van der Waals surface area contributed by atoms with Gasteiger partial charge in [0.1, 0.15) is 21.6 Å². The third-order valence-electron chi connectivity index (χ3n) is 4.40. The zero-order chi connectivity index (χ0) is 22.8. The molecule has 0 fully saturated rings. The van der Waals surface area contributed by atoms with Gasteiger partial charge in [-0.15, -0.1) is 22.7 Å². The van der Waals surface area contributed by atoms with Gasteiger partial charge in [0.25, 0.3) is 0 Å². The van der Waals surface area contributed by atoms with Gasteiger partial charge in [-0.25, -0.2) is 28.3 Å². The molecule has 0 atom stereocenters. The molecule has 2 aromatic heterocycles. The molecule has 0 aliphatic heterocycles. The minimum atomic E-state index is -0.697. The lowest BCUT2D eigenvalue weighted by Gasteiger charge is -2.00. The van der Waals surface area contributed by atoms with Crippen LogP contribution < -0.4 is 0 Å². The molecule has 10 heteroatoms. The second-order valence-electron chi connectivity index (χ2n) is 6.39. The summed E-state index contributed by atoms with van der Waals surface area (Å²) in [4.78, 5) is 34.4. The van der Waals surface area contributed by atoms with Crippen molar-refractivity contribution in [2.24, 2.45) is 0 Å². The van der Waals surface area contributed by atoms with E-state index in [4.69, 9.17) is 9.47 Å². The number of methoxy groups -OCH3 is 2. The van der Waals surface area contributed by atoms with Gasteiger partial charge in [0.05, 0.1) is 24.0 Å². The van der Waals surface area contributed by atoms with Crippen molar-refractivity contribution in [3.63, 3.8) is 0 Å². The van der Waals surface area contributed by atoms with Gasteiger partial charge in [-0.2, -0.15) is 0 Å². The number of nitrogens with zero attached hydrogens (tertiary/aromatic N) is 2. The summed E-state index contributed by atoms with van der Waals surface area (Å²) >= 11 is 2.27. The molecule has 32 heavy (non-hydrogen) atoms. The van der Waals surface area contributed by atoms with Gasteiger partial charge in [-0.05, 0) is 48.5 Å². The van der Waals surface area contributed by atoms with E-state index in [-0.39, 0.29) is 11.4 Å². The number of hydrogen-bond acceptors (Lipinski definition) is 8. The van der Waals surface area contributed by atoms with E-state index in [9.17, 15) is 18.4 Å². The summed E-state index contributed by atoms with van der Waals surface area (Å²) in [6.45, 7) is 0. The van der Waals surface area contributed by atoms with Crippen molar-refractivity contribution in [3.05, 3.63) is 71.6 Å². The third-order valence-corrected chi connectivity index (χ3v) is 6.77. The summed E-state index contributed by atoms with van der Waals surface area (Å²) in [5, 5.41) is 0.876. The standard InChI is InChI=1S/C22H14F2N2O4S2/c1-29-21(27)15-17(31-19(25-15)11-3-7-13(23)8-4-11)18-16(22(28)30-2)26-20(32-18)12-5-9-14(24)10-6-12/h3-10H,1-2H3. The first-order valence-electron chi connectivity index (χ1n) is 9.11. The summed E-state index contributed by atoms with van der Waals surface area (Å²) in [5.74, 6) is -2.20. The average Bonchev–Trinajstić information content (AvgIpc) is 3.44. The SMILES string of the molecule is COC(=O)c1nc(-c2ccc(F)cc2)sc1-c1sc(-c2ccc(F)cc2)nc1C(=O)OC. The summed E-state index contributed by atoms with van der Waals surface area (Å²) in [5.41, 5.74) is 1.18. The monoisotopic (exact) mass is 472 g/mol. The molecule has 162 valence electrons. The molecule has 0 bridgehead atoms. The quantitative estimate of drug-likeness (QED) is 0.359. The molecule has 0 aliphatic carbocycles. The molecule has 0 amide bonds. The van der Waals surface area contributed by atoms with E-state index < -0.39 is 23.6 Å². The number of hydrogen-bond donors (Lipinski definition) is 0. The van der Waals surface area contributed by atoms with Gasteiger partial charge in [0.2, 0.25) is 0 Å². The Morgan fingerprint density at radius 3 is 1.34 bits per heavy atom. The van der Waals surface area contributed by atoms with Crippen molar-refractivity contribution in [1.29, 1.82) is 0 Å². The molecule has 4 aromatic rings. The maximum absolute atomic E-state index is 13.3. The van der Waals surface area contributed by atoms with E-state index >= 15 is 0 Å². The Balaban J connectivity index is 1.90. The minimum Gasteiger partial charge on any atom is -0.464 e. The van der Waals surface area contributed by atoms with Crippen molar-refractivity contribution < 1.29 is 27.8 Å². The Kier molecular flexibility index (Phi) is 6.06. The maximum Gasteiger partial charge on any atom is 0.358 e. The molecule has 0 saturated carbocycles. The van der Waals surface area contributed by atoms with E-state index in [1.807, 2.05) is 0 Å². The van der Waals surface area contributed by atoms with Gasteiger partial charge in [-0.3, -0.25) is 0 Å². The molecular formula is C22H14F2N2O4S2. The molecule has 2 aromatic carbocycles. The maximum atomic E-state index is 13.3. The zero-order valence-electron chi connectivity index (χ0n) is 16.7.